The second-order valence-corrected chi connectivity index (χ2v) is 6.53. The van der Waals surface area contributed by atoms with Crippen LogP contribution in [0.4, 0.5) is 0 Å². The molecule has 1 N–H and O–H groups in total. The predicted octanol–water partition coefficient (Wildman–Crippen LogP) is 2.02. The van der Waals surface area contributed by atoms with Gasteiger partial charge in [0.15, 0.2) is 11.4 Å². The van der Waals surface area contributed by atoms with E-state index in [0.717, 1.165) is 25.7 Å². The lowest BCUT2D eigenvalue weighted by atomic mass is 9.93. The van der Waals surface area contributed by atoms with Crippen LogP contribution in [0.3, 0.4) is 0 Å². The van der Waals surface area contributed by atoms with Crippen LogP contribution in [-0.2, 0) is 0 Å². The molecule has 0 bridgehead atoms. The molecule has 0 unspecified atom stereocenters. The van der Waals surface area contributed by atoms with Gasteiger partial charge in [-0.15, -0.1) is 10.2 Å². The van der Waals surface area contributed by atoms with Crippen molar-refractivity contribution >= 4 is 21.8 Å². The van der Waals surface area contributed by atoms with E-state index in [1.165, 1.54) is 12.5 Å². The summed E-state index contributed by atoms with van der Waals surface area (Å²) in [4.78, 5) is 19.9. The van der Waals surface area contributed by atoms with Crippen molar-refractivity contribution in [3.63, 3.8) is 0 Å². The number of pyridine rings is 1. The fourth-order valence-electron chi connectivity index (χ4n) is 2.70. The zero-order chi connectivity index (χ0) is 17.6. The molecule has 128 valence electrons. The highest BCUT2D eigenvalue weighted by Gasteiger charge is 2.24. The maximum Gasteiger partial charge on any atom is 0.273 e. The fourth-order valence-corrected chi connectivity index (χ4v) is 3.11. The van der Waals surface area contributed by atoms with Crippen LogP contribution in [0, 0.1) is 11.3 Å². The maximum absolute atomic E-state index is 12.1. The molecule has 8 nitrogen and oxygen atoms in total. The molecule has 1 saturated carbocycles. The van der Waals surface area contributed by atoms with Crippen LogP contribution >= 0.6 is 15.9 Å². The van der Waals surface area contributed by atoms with Gasteiger partial charge in [-0.1, -0.05) is 0 Å². The summed E-state index contributed by atoms with van der Waals surface area (Å²) >= 11 is 3.30. The molecule has 2 heterocycles. The van der Waals surface area contributed by atoms with E-state index in [9.17, 15) is 4.79 Å². The van der Waals surface area contributed by atoms with Gasteiger partial charge in [0.1, 0.15) is 18.1 Å². The summed E-state index contributed by atoms with van der Waals surface area (Å²) in [5.74, 6) is 0.370. The monoisotopic (exact) mass is 402 g/mol. The van der Waals surface area contributed by atoms with Crippen molar-refractivity contribution in [1.29, 1.82) is 5.26 Å². The standard InChI is InChI=1S/C16H15BrN6O2/c17-13-5-12(7-20-14(13)6-18)25-11-3-1-10(2-4-11)22-16(24)15-8-19-9-21-23-15/h5,7-11H,1-4H2,(H,22,24). The summed E-state index contributed by atoms with van der Waals surface area (Å²) in [7, 11) is 0. The number of hydrogen-bond donors (Lipinski definition) is 1. The van der Waals surface area contributed by atoms with Crippen LogP contribution in [0.25, 0.3) is 0 Å². The lowest BCUT2D eigenvalue weighted by Gasteiger charge is -2.29. The molecule has 1 fully saturated rings. The summed E-state index contributed by atoms with van der Waals surface area (Å²) in [6.07, 6.45) is 7.57. The molecule has 25 heavy (non-hydrogen) atoms. The van der Waals surface area contributed by atoms with Gasteiger partial charge in [-0.25, -0.2) is 9.97 Å². The summed E-state index contributed by atoms with van der Waals surface area (Å²) < 4.78 is 6.54. The number of carbonyl (C=O) groups excluding carboxylic acids is 1. The zero-order valence-corrected chi connectivity index (χ0v) is 14.8. The summed E-state index contributed by atoms with van der Waals surface area (Å²) in [5.41, 5.74) is 0.548. The average molecular weight is 403 g/mol. The number of nitrogens with zero attached hydrogens (tertiary/aromatic N) is 5. The molecule has 1 aliphatic rings. The second-order valence-electron chi connectivity index (χ2n) is 5.67. The molecule has 9 heteroatoms. The number of ether oxygens (including phenoxy) is 1. The molecular formula is C16H15BrN6O2. The second kappa shape index (κ2) is 7.98. The zero-order valence-electron chi connectivity index (χ0n) is 13.2. The highest BCUT2D eigenvalue weighted by atomic mass is 79.9. The molecule has 0 radical (unpaired) electrons. The quantitative estimate of drug-likeness (QED) is 0.831. The van der Waals surface area contributed by atoms with E-state index in [1.54, 1.807) is 12.3 Å². The molecular weight excluding hydrogens is 388 g/mol. The van der Waals surface area contributed by atoms with Gasteiger partial charge in [-0.3, -0.25) is 4.79 Å². The van der Waals surface area contributed by atoms with Crippen molar-refractivity contribution in [3.8, 4) is 11.8 Å². The van der Waals surface area contributed by atoms with Crippen LogP contribution in [0.1, 0.15) is 41.9 Å². The molecule has 2 aromatic heterocycles. The number of amides is 1. The summed E-state index contributed by atoms with van der Waals surface area (Å²) in [6.45, 7) is 0. The van der Waals surface area contributed by atoms with Crippen LogP contribution in [0.2, 0.25) is 0 Å². The van der Waals surface area contributed by atoms with Crippen LogP contribution < -0.4 is 10.1 Å². The van der Waals surface area contributed by atoms with E-state index in [2.05, 4.69) is 41.4 Å². The highest BCUT2D eigenvalue weighted by Crippen LogP contribution is 2.26. The molecule has 2 aromatic rings. The Hall–Kier alpha value is -2.60. The van der Waals surface area contributed by atoms with Crippen LogP contribution in [0.5, 0.6) is 5.75 Å². The largest absolute Gasteiger partial charge is 0.489 e. The first-order valence-corrected chi connectivity index (χ1v) is 8.61. The number of halogens is 1. The Balaban J connectivity index is 1.50. The van der Waals surface area contributed by atoms with Crippen molar-refractivity contribution in [2.45, 2.75) is 37.8 Å². The van der Waals surface area contributed by atoms with E-state index in [-0.39, 0.29) is 23.7 Å². The summed E-state index contributed by atoms with van der Waals surface area (Å²) in [5, 5.41) is 19.2. The number of aromatic nitrogens is 4. The van der Waals surface area contributed by atoms with Crippen LogP contribution in [-0.4, -0.2) is 38.2 Å². The van der Waals surface area contributed by atoms with Gasteiger partial charge in [0, 0.05) is 6.04 Å². The minimum atomic E-state index is -0.259. The number of nitriles is 1. The third-order valence-electron chi connectivity index (χ3n) is 3.95. The lowest BCUT2D eigenvalue weighted by molar-refractivity contribution is 0.0887. The van der Waals surface area contributed by atoms with Gasteiger partial charge in [0.05, 0.1) is 23.0 Å². The van der Waals surface area contributed by atoms with Gasteiger partial charge in [0.2, 0.25) is 0 Å². The first kappa shape index (κ1) is 17.2. The normalized spacial score (nSPS) is 19.7. The van der Waals surface area contributed by atoms with Gasteiger partial charge < -0.3 is 10.1 Å². The van der Waals surface area contributed by atoms with Gasteiger partial charge >= 0.3 is 0 Å². The van der Waals surface area contributed by atoms with Crippen molar-refractivity contribution < 1.29 is 9.53 Å². The highest BCUT2D eigenvalue weighted by molar-refractivity contribution is 9.10. The number of carbonyl (C=O) groups is 1. The third kappa shape index (κ3) is 4.48. The Morgan fingerprint density at radius 3 is 2.76 bits per heavy atom. The molecule has 0 saturated heterocycles. The van der Waals surface area contributed by atoms with Crippen molar-refractivity contribution in [2.75, 3.05) is 0 Å². The Morgan fingerprint density at radius 1 is 1.32 bits per heavy atom. The van der Waals surface area contributed by atoms with E-state index in [1.807, 2.05) is 6.07 Å². The Labute approximate surface area is 152 Å². The Morgan fingerprint density at radius 2 is 2.12 bits per heavy atom. The first-order chi connectivity index (χ1) is 12.2. The number of rotatable bonds is 4. The van der Waals surface area contributed by atoms with Crippen molar-refractivity contribution in [3.05, 3.63) is 40.6 Å². The molecule has 0 atom stereocenters. The van der Waals surface area contributed by atoms with Gasteiger partial charge in [-0.05, 0) is 47.7 Å². The van der Waals surface area contributed by atoms with Crippen molar-refractivity contribution in [1.82, 2.24) is 25.5 Å². The Kier molecular flexibility index (Phi) is 5.50. The number of nitrogens with one attached hydrogen (secondary N) is 1. The van der Waals surface area contributed by atoms with Crippen LogP contribution in [0.15, 0.2) is 29.3 Å². The molecule has 0 spiro atoms. The third-order valence-corrected chi connectivity index (χ3v) is 4.55. The SMILES string of the molecule is N#Cc1ncc(OC2CCC(NC(=O)c3cncnn3)CC2)cc1Br. The average Bonchev–Trinajstić information content (AvgIpc) is 2.64. The molecule has 3 rings (SSSR count). The lowest BCUT2D eigenvalue weighted by Crippen LogP contribution is -2.40. The van der Waals surface area contributed by atoms with Gasteiger partial charge in [-0.2, -0.15) is 5.26 Å². The smallest absolute Gasteiger partial charge is 0.273 e. The Bertz CT molecular complexity index is 787. The molecule has 0 aromatic carbocycles. The topological polar surface area (TPSA) is 114 Å². The minimum Gasteiger partial charge on any atom is -0.489 e. The van der Waals surface area contributed by atoms with Crippen molar-refractivity contribution in [2.24, 2.45) is 0 Å². The molecule has 1 aliphatic carbocycles. The van der Waals surface area contributed by atoms with E-state index >= 15 is 0 Å². The first-order valence-electron chi connectivity index (χ1n) is 7.81. The number of hydrogen-bond acceptors (Lipinski definition) is 7. The molecule has 0 aliphatic heterocycles. The van der Waals surface area contributed by atoms with E-state index < -0.39 is 0 Å². The van der Waals surface area contributed by atoms with E-state index in [4.69, 9.17) is 10.00 Å². The van der Waals surface area contributed by atoms with Gasteiger partial charge in [0.25, 0.3) is 5.91 Å². The fraction of sp³-hybridized carbons (Fsp3) is 0.375. The summed E-state index contributed by atoms with van der Waals surface area (Å²) in [6, 6.07) is 3.83. The predicted molar refractivity (Wildman–Crippen MR) is 90.6 cm³/mol. The maximum atomic E-state index is 12.1. The minimum absolute atomic E-state index is 0.0629. The molecule has 1 amide bonds. The van der Waals surface area contributed by atoms with E-state index in [0.29, 0.717) is 15.9 Å².